The molecule has 1 atom stereocenters. The Morgan fingerprint density at radius 1 is 1.21 bits per heavy atom. The number of hydrogen-bond donors (Lipinski definition) is 1. The first kappa shape index (κ1) is 13.4. The highest BCUT2D eigenvalue weighted by molar-refractivity contribution is 5.26. The molecule has 1 unspecified atom stereocenters. The number of halogens is 5. The molecule has 9 heteroatoms. The van der Waals surface area contributed by atoms with Crippen molar-refractivity contribution >= 4 is 0 Å². The molecule has 102 valence electrons. The van der Waals surface area contributed by atoms with Crippen molar-refractivity contribution in [3.8, 4) is 0 Å². The highest BCUT2D eigenvalue weighted by Gasteiger charge is 2.39. The SMILES string of the molecule is NC(c1noc(C(F)(F)F)n1)c1cccc(F)c1F. The zero-order valence-electron chi connectivity index (χ0n) is 9.08. The summed E-state index contributed by atoms with van der Waals surface area (Å²) >= 11 is 0. The number of nitrogens with two attached hydrogens (primary N) is 1. The molecule has 0 aliphatic heterocycles. The van der Waals surface area contributed by atoms with Gasteiger partial charge in [-0.15, -0.1) is 0 Å². The van der Waals surface area contributed by atoms with E-state index in [1.54, 1.807) is 0 Å². The molecule has 0 spiro atoms. The van der Waals surface area contributed by atoms with Crippen LogP contribution in [0.3, 0.4) is 0 Å². The van der Waals surface area contributed by atoms with E-state index in [0.717, 1.165) is 12.1 Å². The molecular formula is C10H6F5N3O. The van der Waals surface area contributed by atoms with E-state index in [-0.39, 0.29) is 5.56 Å². The van der Waals surface area contributed by atoms with Crippen LogP contribution < -0.4 is 5.73 Å². The summed E-state index contributed by atoms with van der Waals surface area (Å²) in [5.41, 5.74) is 5.12. The summed E-state index contributed by atoms with van der Waals surface area (Å²) in [6.45, 7) is 0. The summed E-state index contributed by atoms with van der Waals surface area (Å²) in [6, 6.07) is 1.67. The van der Waals surface area contributed by atoms with Crippen LogP contribution in [0, 0.1) is 11.6 Å². The molecule has 1 aromatic heterocycles. The third kappa shape index (κ3) is 2.55. The molecule has 0 aliphatic rings. The molecule has 0 radical (unpaired) electrons. The van der Waals surface area contributed by atoms with E-state index < -0.39 is 35.6 Å². The van der Waals surface area contributed by atoms with Crippen molar-refractivity contribution in [1.82, 2.24) is 10.1 Å². The standard InChI is InChI=1S/C10H6F5N3O/c11-5-3-1-2-4(6(5)12)7(16)8-17-9(19-18-8)10(13,14)15/h1-3,7H,16H2. The van der Waals surface area contributed by atoms with E-state index in [2.05, 4.69) is 14.7 Å². The Morgan fingerprint density at radius 2 is 1.89 bits per heavy atom. The highest BCUT2D eigenvalue weighted by Crippen LogP contribution is 2.29. The lowest BCUT2D eigenvalue weighted by Gasteiger charge is -2.08. The van der Waals surface area contributed by atoms with E-state index >= 15 is 0 Å². The maximum Gasteiger partial charge on any atom is 0.471 e. The minimum atomic E-state index is -4.83. The van der Waals surface area contributed by atoms with Gasteiger partial charge in [-0.3, -0.25) is 0 Å². The molecule has 4 nitrogen and oxygen atoms in total. The summed E-state index contributed by atoms with van der Waals surface area (Å²) in [6.07, 6.45) is -4.83. The fourth-order valence-corrected chi connectivity index (χ4v) is 1.38. The van der Waals surface area contributed by atoms with Crippen molar-refractivity contribution in [1.29, 1.82) is 0 Å². The predicted octanol–water partition coefficient (Wildman–Crippen LogP) is 2.41. The number of nitrogens with zero attached hydrogens (tertiary/aromatic N) is 2. The van der Waals surface area contributed by atoms with Crippen LogP contribution in [0.1, 0.15) is 23.3 Å². The second-order valence-corrected chi connectivity index (χ2v) is 3.58. The number of aromatic nitrogens is 2. The van der Waals surface area contributed by atoms with Gasteiger partial charge in [-0.1, -0.05) is 17.3 Å². The Kier molecular flexibility index (Phi) is 3.23. The molecule has 0 fully saturated rings. The Bertz CT molecular complexity index is 595. The van der Waals surface area contributed by atoms with Crippen LogP contribution in [-0.4, -0.2) is 10.1 Å². The van der Waals surface area contributed by atoms with Crippen molar-refractivity contribution in [3.63, 3.8) is 0 Å². The quantitative estimate of drug-likeness (QED) is 0.857. The Balaban J connectivity index is 2.37. The molecule has 2 N–H and O–H groups in total. The van der Waals surface area contributed by atoms with Crippen LogP contribution in [-0.2, 0) is 6.18 Å². The third-order valence-electron chi connectivity index (χ3n) is 2.28. The number of benzene rings is 1. The highest BCUT2D eigenvalue weighted by atomic mass is 19.4. The summed E-state index contributed by atoms with van der Waals surface area (Å²) in [4.78, 5) is 3.01. The minimum absolute atomic E-state index is 0.366. The van der Waals surface area contributed by atoms with Crippen LogP contribution in [0.2, 0.25) is 0 Å². The molecule has 0 aliphatic carbocycles. The van der Waals surface area contributed by atoms with Gasteiger partial charge in [-0.2, -0.15) is 18.2 Å². The normalized spacial score (nSPS) is 13.6. The monoisotopic (exact) mass is 279 g/mol. The lowest BCUT2D eigenvalue weighted by Crippen LogP contribution is -2.16. The van der Waals surface area contributed by atoms with Gasteiger partial charge in [-0.05, 0) is 6.07 Å². The van der Waals surface area contributed by atoms with Gasteiger partial charge in [0, 0.05) is 5.56 Å². The Hall–Kier alpha value is -2.03. The first-order valence-corrected chi connectivity index (χ1v) is 4.91. The average molecular weight is 279 g/mol. The largest absolute Gasteiger partial charge is 0.471 e. The van der Waals surface area contributed by atoms with Gasteiger partial charge in [-0.25, -0.2) is 8.78 Å². The lowest BCUT2D eigenvalue weighted by molar-refractivity contribution is -0.159. The topological polar surface area (TPSA) is 64.9 Å². The van der Waals surface area contributed by atoms with Gasteiger partial charge < -0.3 is 10.3 Å². The molecule has 2 aromatic rings. The van der Waals surface area contributed by atoms with Gasteiger partial charge in [0.2, 0.25) is 0 Å². The molecule has 0 saturated heterocycles. The second-order valence-electron chi connectivity index (χ2n) is 3.58. The first-order chi connectivity index (χ1) is 8.80. The number of rotatable bonds is 2. The molecule has 0 saturated carbocycles. The summed E-state index contributed by atoms with van der Waals surface area (Å²) in [5, 5.41) is 3.01. The number of alkyl halides is 3. The lowest BCUT2D eigenvalue weighted by atomic mass is 10.1. The van der Waals surface area contributed by atoms with Crippen LogP contribution in [0.25, 0.3) is 0 Å². The molecule has 1 heterocycles. The van der Waals surface area contributed by atoms with Crippen LogP contribution >= 0.6 is 0 Å². The second kappa shape index (κ2) is 4.57. The molecular weight excluding hydrogens is 273 g/mol. The molecule has 19 heavy (non-hydrogen) atoms. The van der Waals surface area contributed by atoms with Gasteiger partial charge in [0.1, 0.15) is 0 Å². The van der Waals surface area contributed by atoms with Crippen molar-refractivity contribution in [2.75, 3.05) is 0 Å². The molecule has 2 rings (SSSR count). The average Bonchev–Trinajstić information content (AvgIpc) is 2.81. The third-order valence-corrected chi connectivity index (χ3v) is 2.28. The zero-order chi connectivity index (χ0) is 14.2. The van der Waals surface area contributed by atoms with Gasteiger partial charge in [0.15, 0.2) is 17.5 Å². The van der Waals surface area contributed by atoms with Crippen molar-refractivity contribution in [3.05, 3.63) is 47.1 Å². The summed E-state index contributed by atoms with van der Waals surface area (Å²) < 4.78 is 67.1. The molecule has 0 amide bonds. The van der Waals surface area contributed by atoms with Crippen LogP contribution in [0.15, 0.2) is 22.7 Å². The van der Waals surface area contributed by atoms with Gasteiger partial charge in [0.25, 0.3) is 0 Å². The summed E-state index contributed by atoms with van der Waals surface area (Å²) in [7, 11) is 0. The van der Waals surface area contributed by atoms with Crippen molar-refractivity contribution in [2.45, 2.75) is 12.2 Å². The Labute approximate surface area is 103 Å². The van der Waals surface area contributed by atoms with E-state index in [9.17, 15) is 22.0 Å². The maximum absolute atomic E-state index is 13.4. The van der Waals surface area contributed by atoms with E-state index in [1.165, 1.54) is 6.07 Å². The smallest absolute Gasteiger partial charge is 0.329 e. The van der Waals surface area contributed by atoms with E-state index in [1.807, 2.05) is 0 Å². The van der Waals surface area contributed by atoms with Gasteiger partial charge >= 0.3 is 12.1 Å². The van der Waals surface area contributed by atoms with E-state index in [0.29, 0.717) is 0 Å². The molecule has 1 aromatic carbocycles. The predicted molar refractivity (Wildman–Crippen MR) is 51.7 cm³/mol. The first-order valence-electron chi connectivity index (χ1n) is 4.91. The van der Waals surface area contributed by atoms with Crippen molar-refractivity contribution < 1.29 is 26.5 Å². The van der Waals surface area contributed by atoms with E-state index in [4.69, 9.17) is 5.73 Å². The molecule has 0 bridgehead atoms. The zero-order valence-corrected chi connectivity index (χ0v) is 9.08. The van der Waals surface area contributed by atoms with Crippen LogP contribution in [0.4, 0.5) is 22.0 Å². The minimum Gasteiger partial charge on any atom is -0.329 e. The number of hydrogen-bond acceptors (Lipinski definition) is 4. The van der Waals surface area contributed by atoms with Gasteiger partial charge in [0.05, 0.1) is 6.04 Å². The Morgan fingerprint density at radius 3 is 2.47 bits per heavy atom. The fraction of sp³-hybridized carbons (Fsp3) is 0.200. The fourth-order valence-electron chi connectivity index (χ4n) is 1.38. The van der Waals surface area contributed by atoms with Crippen LogP contribution in [0.5, 0.6) is 0 Å². The summed E-state index contributed by atoms with van der Waals surface area (Å²) in [5.74, 6) is -4.63. The van der Waals surface area contributed by atoms with Crippen molar-refractivity contribution in [2.24, 2.45) is 5.73 Å². The maximum atomic E-state index is 13.4.